The molecular formula is C14H21NO3. The maximum atomic E-state index is 12.5. The third-order valence-corrected chi connectivity index (χ3v) is 5.71. The summed E-state index contributed by atoms with van der Waals surface area (Å²) in [5, 5.41) is 9.19. The molecule has 0 aromatic carbocycles. The molecule has 0 saturated heterocycles. The molecule has 4 nitrogen and oxygen atoms in total. The zero-order valence-corrected chi connectivity index (χ0v) is 11.2. The van der Waals surface area contributed by atoms with Gasteiger partial charge in [0.2, 0.25) is 5.91 Å². The Bertz CT molecular complexity index is 401. The van der Waals surface area contributed by atoms with Gasteiger partial charge in [-0.25, -0.2) is 4.79 Å². The summed E-state index contributed by atoms with van der Waals surface area (Å²) in [4.78, 5) is 25.1. The largest absolute Gasteiger partial charge is 0.480 e. The molecule has 1 amide bonds. The van der Waals surface area contributed by atoms with Crippen molar-refractivity contribution < 1.29 is 14.7 Å². The highest BCUT2D eigenvalue weighted by atomic mass is 16.4. The van der Waals surface area contributed by atoms with Crippen LogP contribution < -0.4 is 0 Å². The number of likely N-dealkylation sites (N-methyl/N-ethyl adjacent to an activating group) is 1. The number of hydrogen-bond donors (Lipinski definition) is 1. The maximum Gasteiger partial charge on any atom is 0.329 e. The fourth-order valence-corrected chi connectivity index (χ4v) is 4.30. The van der Waals surface area contributed by atoms with Crippen LogP contribution >= 0.6 is 0 Å². The van der Waals surface area contributed by atoms with Crippen LogP contribution in [0.1, 0.15) is 33.1 Å². The Morgan fingerprint density at radius 2 is 1.67 bits per heavy atom. The number of aliphatic carboxylic acids is 1. The lowest BCUT2D eigenvalue weighted by atomic mass is 9.98. The number of carbonyl (C=O) groups excluding carboxylic acids is 1. The second-order valence-corrected chi connectivity index (χ2v) is 6.78. The molecule has 4 unspecified atom stereocenters. The monoisotopic (exact) mass is 251 g/mol. The molecule has 0 spiro atoms. The molecule has 1 N–H and O–H groups in total. The fraction of sp³-hybridized carbons (Fsp3) is 0.857. The van der Waals surface area contributed by atoms with Crippen molar-refractivity contribution in [1.29, 1.82) is 0 Å². The van der Waals surface area contributed by atoms with E-state index in [4.69, 9.17) is 0 Å². The minimum atomic E-state index is -1.10. The van der Waals surface area contributed by atoms with E-state index in [1.807, 2.05) is 0 Å². The van der Waals surface area contributed by atoms with E-state index in [0.717, 1.165) is 11.8 Å². The summed E-state index contributed by atoms with van der Waals surface area (Å²) in [6.45, 7) is 3.19. The van der Waals surface area contributed by atoms with Crippen LogP contribution in [0.3, 0.4) is 0 Å². The van der Waals surface area contributed by atoms with Crippen molar-refractivity contribution in [2.75, 3.05) is 7.05 Å². The zero-order valence-electron chi connectivity index (χ0n) is 11.2. The predicted molar refractivity (Wildman–Crippen MR) is 65.8 cm³/mol. The van der Waals surface area contributed by atoms with Gasteiger partial charge in [-0.05, 0) is 56.8 Å². The number of nitrogens with zero attached hydrogens (tertiary/aromatic N) is 1. The van der Waals surface area contributed by atoms with Crippen molar-refractivity contribution in [1.82, 2.24) is 4.90 Å². The van der Waals surface area contributed by atoms with Crippen molar-refractivity contribution in [2.24, 2.45) is 29.6 Å². The van der Waals surface area contributed by atoms with E-state index in [-0.39, 0.29) is 11.8 Å². The summed E-state index contributed by atoms with van der Waals surface area (Å²) in [7, 11) is 1.63. The van der Waals surface area contributed by atoms with Crippen molar-refractivity contribution in [3.05, 3.63) is 0 Å². The summed E-state index contributed by atoms with van der Waals surface area (Å²) >= 11 is 0. The second kappa shape index (κ2) is 3.49. The molecule has 4 heteroatoms. The van der Waals surface area contributed by atoms with Crippen molar-refractivity contribution in [2.45, 2.75) is 38.6 Å². The standard InChI is InChI=1S/C14H21NO3/c1-14(2,13(17)18)15(3)12(16)11-9-7-4-5-8(6-7)10(9)11/h7-11H,4-6H2,1-3H3,(H,17,18). The molecule has 3 aliphatic carbocycles. The Hall–Kier alpha value is -1.06. The number of amides is 1. The van der Waals surface area contributed by atoms with Crippen LogP contribution in [-0.2, 0) is 9.59 Å². The van der Waals surface area contributed by atoms with Gasteiger partial charge in [0.1, 0.15) is 5.54 Å². The Labute approximate surface area is 107 Å². The Balaban J connectivity index is 1.72. The zero-order chi connectivity index (χ0) is 13.2. The molecule has 2 bridgehead atoms. The molecular weight excluding hydrogens is 230 g/mol. The maximum absolute atomic E-state index is 12.5. The topological polar surface area (TPSA) is 57.6 Å². The van der Waals surface area contributed by atoms with Gasteiger partial charge in [-0.3, -0.25) is 4.79 Å². The lowest BCUT2D eigenvalue weighted by Crippen LogP contribution is -2.51. The van der Waals surface area contributed by atoms with Crippen molar-refractivity contribution in [3.63, 3.8) is 0 Å². The highest BCUT2D eigenvalue weighted by Crippen LogP contribution is 2.69. The van der Waals surface area contributed by atoms with Gasteiger partial charge in [0, 0.05) is 13.0 Å². The summed E-state index contributed by atoms with van der Waals surface area (Å²) < 4.78 is 0. The smallest absolute Gasteiger partial charge is 0.329 e. The molecule has 0 aliphatic heterocycles. The van der Waals surface area contributed by atoms with E-state index in [1.54, 1.807) is 20.9 Å². The third-order valence-electron chi connectivity index (χ3n) is 5.71. The van der Waals surface area contributed by atoms with Gasteiger partial charge in [-0.1, -0.05) is 0 Å². The summed E-state index contributed by atoms with van der Waals surface area (Å²) in [5.74, 6) is 1.87. The number of carboxylic acid groups (broad SMARTS) is 1. The molecule has 0 radical (unpaired) electrons. The number of rotatable bonds is 3. The van der Waals surface area contributed by atoms with Crippen molar-refractivity contribution in [3.8, 4) is 0 Å². The van der Waals surface area contributed by atoms with Crippen LogP contribution in [-0.4, -0.2) is 34.5 Å². The van der Waals surface area contributed by atoms with Crippen LogP contribution in [0.2, 0.25) is 0 Å². The quantitative estimate of drug-likeness (QED) is 0.829. The van der Waals surface area contributed by atoms with Crippen LogP contribution in [0.15, 0.2) is 0 Å². The van der Waals surface area contributed by atoms with Crippen LogP contribution in [0.25, 0.3) is 0 Å². The molecule has 3 saturated carbocycles. The Morgan fingerprint density at radius 1 is 1.17 bits per heavy atom. The molecule has 3 aliphatic rings. The van der Waals surface area contributed by atoms with E-state index in [0.29, 0.717) is 11.8 Å². The van der Waals surface area contributed by atoms with Gasteiger partial charge < -0.3 is 10.0 Å². The van der Waals surface area contributed by atoms with Gasteiger partial charge in [0.15, 0.2) is 0 Å². The van der Waals surface area contributed by atoms with Crippen LogP contribution in [0.5, 0.6) is 0 Å². The first-order chi connectivity index (χ1) is 8.35. The molecule has 0 aromatic heterocycles. The number of carboxylic acids is 1. The van der Waals surface area contributed by atoms with Gasteiger partial charge in [-0.2, -0.15) is 0 Å². The highest BCUT2D eigenvalue weighted by molar-refractivity contribution is 5.89. The minimum Gasteiger partial charge on any atom is -0.480 e. The molecule has 3 rings (SSSR count). The SMILES string of the molecule is CN(C(=O)C1C2C3CCC(C3)C12)C(C)(C)C(=O)O. The Kier molecular flexibility index (Phi) is 2.32. The predicted octanol–water partition coefficient (Wildman–Crippen LogP) is 1.60. The lowest BCUT2D eigenvalue weighted by molar-refractivity contribution is -0.156. The average molecular weight is 251 g/mol. The molecule has 3 fully saturated rings. The third kappa shape index (κ3) is 1.38. The average Bonchev–Trinajstić information content (AvgIpc) is 2.75. The van der Waals surface area contributed by atoms with Gasteiger partial charge in [0.05, 0.1) is 0 Å². The molecule has 100 valence electrons. The van der Waals surface area contributed by atoms with Gasteiger partial charge >= 0.3 is 5.97 Å². The van der Waals surface area contributed by atoms with E-state index >= 15 is 0 Å². The van der Waals surface area contributed by atoms with E-state index in [1.165, 1.54) is 24.2 Å². The van der Waals surface area contributed by atoms with Crippen LogP contribution in [0.4, 0.5) is 0 Å². The van der Waals surface area contributed by atoms with Crippen LogP contribution in [0, 0.1) is 29.6 Å². The molecule has 0 heterocycles. The lowest BCUT2D eigenvalue weighted by Gasteiger charge is -2.32. The first-order valence-electron chi connectivity index (χ1n) is 6.86. The number of carbonyl (C=O) groups is 2. The summed E-state index contributed by atoms with van der Waals surface area (Å²) in [6.07, 6.45) is 3.87. The van der Waals surface area contributed by atoms with E-state index in [9.17, 15) is 14.7 Å². The number of hydrogen-bond acceptors (Lipinski definition) is 2. The molecule has 4 atom stereocenters. The highest BCUT2D eigenvalue weighted by Gasteiger charge is 2.68. The van der Waals surface area contributed by atoms with E-state index < -0.39 is 11.5 Å². The van der Waals surface area contributed by atoms with Crippen molar-refractivity contribution >= 4 is 11.9 Å². The molecule has 0 aromatic rings. The fourth-order valence-electron chi connectivity index (χ4n) is 4.30. The van der Waals surface area contributed by atoms with Gasteiger partial charge in [0.25, 0.3) is 0 Å². The first-order valence-corrected chi connectivity index (χ1v) is 6.86. The summed E-state index contributed by atoms with van der Waals surface area (Å²) in [6, 6.07) is 0. The van der Waals surface area contributed by atoms with E-state index in [2.05, 4.69) is 0 Å². The Morgan fingerprint density at radius 3 is 2.11 bits per heavy atom. The second-order valence-electron chi connectivity index (χ2n) is 6.78. The first kappa shape index (κ1) is 12.0. The number of fused-ring (bicyclic) bond motifs is 5. The summed E-state index contributed by atoms with van der Waals surface area (Å²) in [5.41, 5.74) is -1.10. The van der Waals surface area contributed by atoms with Gasteiger partial charge in [-0.15, -0.1) is 0 Å². The molecule has 18 heavy (non-hydrogen) atoms. The minimum absolute atomic E-state index is 0.0500. The normalized spacial score (nSPS) is 40.5.